The highest BCUT2D eigenvalue weighted by Crippen LogP contribution is 2.18. The molecule has 1 atom stereocenters. The van der Waals surface area contributed by atoms with E-state index in [-0.39, 0.29) is 31.2 Å². The fourth-order valence-electron chi connectivity index (χ4n) is 2.47. The molecule has 2 N–H and O–H groups in total. The van der Waals surface area contributed by atoms with Gasteiger partial charge in [0.05, 0.1) is 18.5 Å². The summed E-state index contributed by atoms with van der Waals surface area (Å²) >= 11 is 0. The lowest BCUT2D eigenvalue weighted by Crippen LogP contribution is -2.37. The van der Waals surface area contributed by atoms with Crippen molar-refractivity contribution in [3.8, 4) is 0 Å². The lowest BCUT2D eigenvalue weighted by Gasteiger charge is -2.09. The number of amides is 2. The molecule has 136 valence electrons. The fraction of sp³-hybridized carbons (Fsp3) is 0.278. The highest BCUT2D eigenvalue weighted by molar-refractivity contribution is 6.04. The van der Waals surface area contributed by atoms with E-state index in [1.165, 1.54) is 12.3 Å². The zero-order valence-electron chi connectivity index (χ0n) is 13.9. The first-order chi connectivity index (χ1) is 12.6. The maximum atomic E-state index is 13.7. The molecular formula is C18H18FN3O4. The summed E-state index contributed by atoms with van der Waals surface area (Å²) in [6.07, 6.45) is 1.01. The van der Waals surface area contributed by atoms with E-state index < -0.39 is 11.9 Å². The normalized spacial score (nSPS) is 15.9. The van der Waals surface area contributed by atoms with E-state index in [1.807, 2.05) is 0 Å². The summed E-state index contributed by atoms with van der Waals surface area (Å²) in [4.78, 5) is 28.9. The minimum absolute atomic E-state index is 0.125. The molecule has 3 rings (SSSR count). The van der Waals surface area contributed by atoms with Gasteiger partial charge in [0.2, 0.25) is 12.0 Å². The van der Waals surface area contributed by atoms with Crippen molar-refractivity contribution >= 4 is 17.5 Å². The quantitative estimate of drug-likeness (QED) is 0.787. The van der Waals surface area contributed by atoms with Gasteiger partial charge in [-0.25, -0.2) is 4.39 Å². The third kappa shape index (κ3) is 4.47. The van der Waals surface area contributed by atoms with Crippen molar-refractivity contribution in [2.24, 2.45) is 5.16 Å². The molecule has 26 heavy (non-hydrogen) atoms. The second-order valence-electron chi connectivity index (χ2n) is 5.71. The van der Waals surface area contributed by atoms with Gasteiger partial charge in [0.1, 0.15) is 11.6 Å². The second kappa shape index (κ2) is 8.28. The zero-order chi connectivity index (χ0) is 18.4. The van der Waals surface area contributed by atoms with Gasteiger partial charge in [0.15, 0.2) is 0 Å². The number of hydrogen-bond donors (Lipinski definition) is 2. The summed E-state index contributed by atoms with van der Waals surface area (Å²) in [5, 5.41) is 9.10. The Morgan fingerprint density at radius 2 is 2.04 bits per heavy atom. The Hall–Kier alpha value is -3.16. The number of nitrogens with one attached hydrogen (secondary N) is 2. The summed E-state index contributed by atoms with van der Waals surface area (Å²) in [6, 6.07) is 9.67. The first-order valence-electron chi connectivity index (χ1n) is 8.18. The minimum Gasteiger partial charge on any atom is -0.467 e. The summed E-state index contributed by atoms with van der Waals surface area (Å²) in [5.74, 6) is -0.361. The smallest absolute Gasteiger partial charge is 0.264 e. The first kappa shape index (κ1) is 17.7. The standard InChI is InChI=1S/C18H18FN3O4/c19-14-6-2-1-5-13(14)15-10-16(26-22-15)18(24)20-8-7-17(23)21-11-12-4-3-9-25-12/h1-6,9,16H,7-8,10-11H2,(H,20,24)(H,21,23)/t16-/m0/s1. The molecule has 0 unspecified atom stereocenters. The maximum Gasteiger partial charge on any atom is 0.264 e. The van der Waals surface area contributed by atoms with E-state index in [1.54, 1.807) is 30.3 Å². The molecule has 2 amide bonds. The van der Waals surface area contributed by atoms with Crippen LogP contribution in [0.25, 0.3) is 0 Å². The number of benzene rings is 1. The van der Waals surface area contributed by atoms with Crippen LogP contribution in [-0.4, -0.2) is 30.2 Å². The molecule has 2 heterocycles. The molecule has 7 nitrogen and oxygen atoms in total. The predicted molar refractivity (Wildman–Crippen MR) is 90.6 cm³/mol. The highest BCUT2D eigenvalue weighted by atomic mass is 19.1. The third-order valence-electron chi connectivity index (χ3n) is 3.84. The van der Waals surface area contributed by atoms with E-state index in [0.717, 1.165) is 0 Å². The number of oxime groups is 1. The van der Waals surface area contributed by atoms with E-state index in [0.29, 0.717) is 23.6 Å². The molecule has 1 aromatic carbocycles. The third-order valence-corrected chi connectivity index (χ3v) is 3.84. The summed E-state index contributed by atoms with van der Waals surface area (Å²) < 4.78 is 18.9. The summed E-state index contributed by atoms with van der Waals surface area (Å²) in [7, 11) is 0. The van der Waals surface area contributed by atoms with Crippen molar-refractivity contribution in [2.75, 3.05) is 6.54 Å². The monoisotopic (exact) mass is 359 g/mol. The van der Waals surface area contributed by atoms with Gasteiger partial charge >= 0.3 is 0 Å². The van der Waals surface area contributed by atoms with Crippen molar-refractivity contribution < 1.29 is 23.2 Å². The van der Waals surface area contributed by atoms with E-state index >= 15 is 0 Å². The number of furan rings is 1. The van der Waals surface area contributed by atoms with Gasteiger partial charge in [-0.15, -0.1) is 0 Å². The largest absolute Gasteiger partial charge is 0.467 e. The molecule has 0 bridgehead atoms. The van der Waals surface area contributed by atoms with Crippen molar-refractivity contribution in [2.45, 2.75) is 25.5 Å². The van der Waals surface area contributed by atoms with E-state index in [2.05, 4.69) is 15.8 Å². The molecule has 1 aromatic heterocycles. The Morgan fingerprint density at radius 3 is 2.81 bits per heavy atom. The molecule has 0 aliphatic carbocycles. The molecule has 0 saturated carbocycles. The molecule has 0 saturated heterocycles. The summed E-state index contributed by atoms with van der Waals surface area (Å²) in [6.45, 7) is 0.461. The number of halogens is 1. The average Bonchev–Trinajstić information content (AvgIpc) is 3.32. The van der Waals surface area contributed by atoms with Gasteiger partial charge in [-0.05, 0) is 18.2 Å². The Morgan fingerprint density at radius 1 is 1.19 bits per heavy atom. The van der Waals surface area contributed by atoms with Crippen LogP contribution in [0.15, 0.2) is 52.2 Å². The SMILES string of the molecule is O=C(CCNC(=O)[C@@H]1CC(c2ccccc2F)=NO1)NCc1ccco1. The maximum absolute atomic E-state index is 13.7. The lowest BCUT2D eigenvalue weighted by molar-refractivity contribution is -0.131. The van der Waals surface area contributed by atoms with Gasteiger partial charge in [-0.1, -0.05) is 23.4 Å². The van der Waals surface area contributed by atoms with Crippen molar-refractivity contribution in [1.82, 2.24) is 10.6 Å². The van der Waals surface area contributed by atoms with Crippen molar-refractivity contribution in [3.63, 3.8) is 0 Å². The van der Waals surface area contributed by atoms with Crippen LogP contribution in [0.2, 0.25) is 0 Å². The number of carbonyl (C=O) groups is 2. The van der Waals surface area contributed by atoms with Crippen molar-refractivity contribution in [3.05, 3.63) is 59.8 Å². The van der Waals surface area contributed by atoms with Crippen molar-refractivity contribution in [1.29, 1.82) is 0 Å². The van der Waals surface area contributed by atoms with Crippen LogP contribution in [0.3, 0.4) is 0 Å². The Labute approximate surface area is 149 Å². The Kier molecular flexibility index (Phi) is 5.62. The van der Waals surface area contributed by atoms with Gasteiger partial charge < -0.3 is 19.9 Å². The molecule has 2 aromatic rings. The molecule has 0 radical (unpaired) electrons. The summed E-state index contributed by atoms with van der Waals surface area (Å²) in [5.41, 5.74) is 0.708. The van der Waals surface area contributed by atoms with Crippen LogP contribution in [0, 0.1) is 5.82 Å². The second-order valence-corrected chi connectivity index (χ2v) is 5.71. The Bertz CT molecular complexity index is 805. The first-order valence-corrected chi connectivity index (χ1v) is 8.18. The average molecular weight is 359 g/mol. The highest BCUT2D eigenvalue weighted by Gasteiger charge is 2.29. The van der Waals surface area contributed by atoms with Gasteiger partial charge in [0.25, 0.3) is 5.91 Å². The van der Waals surface area contributed by atoms with E-state index in [4.69, 9.17) is 9.25 Å². The van der Waals surface area contributed by atoms with Crippen LogP contribution in [0.4, 0.5) is 4.39 Å². The number of carbonyl (C=O) groups excluding carboxylic acids is 2. The molecule has 0 fully saturated rings. The fourth-order valence-corrected chi connectivity index (χ4v) is 2.47. The number of rotatable bonds is 7. The van der Waals surface area contributed by atoms with Crippen LogP contribution in [0.5, 0.6) is 0 Å². The molecular weight excluding hydrogens is 341 g/mol. The van der Waals surface area contributed by atoms with Crippen LogP contribution in [0.1, 0.15) is 24.2 Å². The minimum atomic E-state index is -0.823. The molecule has 1 aliphatic rings. The lowest BCUT2D eigenvalue weighted by atomic mass is 10.0. The van der Waals surface area contributed by atoms with Gasteiger partial charge in [-0.3, -0.25) is 9.59 Å². The number of hydrogen-bond acceptors (Lipinski definition) is 5. The zero-order valence-corrected chi connectivity index (χ0v) is 13.9. The van der Waals surface area contributed by atoms with E-state index in [9.17, 15) is 14.0 Å². The molecule has 1 aliphatic heterocycles. The van der Waals surface area contributed by atoms with Gasteiger partial charge in [0, 0.05) is 24.9 Å². The topological polar surface area (TPSA) is 92.9 Å². The van der Waals surface area contributed by atoms with Crippen LogP contribution in [-0.2, 0) is 21.0 Å². The molecule has 8 heteroatoms. The number of nitrogens with zero attached hydrogens (tertiary/aromatic N) is 1. The van der Waals surface area contributed by atoms with Crippen LogP contribution < -0.4 is 10.6 Å². The van der Waals surface area contributed by atoms with Gasteiger partial charge in [-0.2, -0.15) is 0 Å². The predicted octanol–water partition coefficient (Wildman–Crippen LogP) is 1.73. The Balaban J connectivity index is 1.38. The molecule has 0 spiro atoms. The van der Waals surface area contributed by atoms with Crippen LogP contribution >= 0.6 is 0 Å².